The lowest BCUT2D eigenvalue weighted by atomic mass is 9.76. The Balaban J connectivity index is 1.79. The van der Waals surface area contributed by atoms with Crippen molar-refractivity contribution in [3.63, 3.8) is 0 Å². The lowest BCUT2D eigenvalue weighted by Gasteiger charge is -2.51. The lowest BCUT2D eigenvalue weighted by Crippen LogP contribution is -2.57. The molecule has 1 aliphatic carbocycles. The Kier molecular flexibility index (Phi) is 3.12. The highest BCUT2D eigenvalue weighted by molar-refractivity contribution is 5.01. The fraction of sp³-hybridized carbons (Fsp3) is 1.00. The summed E-state index contributed by atoms with van der Waals surface area (Å²) in [5.74, 6) is 1.94. The van der Waals surface area contributed by atoms with Gasteiger partial charge in [-0.25, -0.2) is 0 Å². The molecule has 0 radical (unpaired) electrons. The summed E-state index contributed by atoms with van der Waals surface area (Å²) in [6, 6.07) is 0.764. The van der Waals surface area contributed by atoms with Gasteiger partial charge in [0, 0.05) is 19.1 Å². The lowest BCUT2D eigenvalue weighted by molar-refractivity contribution is -0.0199. The summed E-state index contributed by atoms with van der Waals surface area (Å²) in [6.07, 6.45) is 6.00. The average Bonchev–Trinajstić information content (AvgIpc) is 2.44. The van der Waals surface area contributed by atoms with Crippen LogP contribution in [0.1, 0.15) is 53.4 Å². The molecule has 0 amide bonds. The summed E-state index contributed by atoms with van der Waals surface area (Å²) in [5.41, 5.74) is 0.754. The molecule has 1 nitrogen and oxygen atoms in total. The molecule has 1 spiro atoms. The van der Waals surface area contributed by atoms with E-state index in [1.165, 1.54) is 38.8 Å². The third kappa shape index (κ3) is 2.38. The van der Waals surface area contributed by atoms with Gasteiger partial charge in [0.1, 0.15) is 0 Å². The Morgan fingerprint density at radius 2 is 1.87 bits per heavy atom. The average molecular weight is 209 g/mol. The van der Waals surface area contributed by atoms with Crippen molar-refractivity contribution in [1.29, 1.82) is 0 Å². The van der Waals surface area contributed by atoms with E-state index in [-0.39, 0.29) is 0 Å². The van der Waals surface area contributed by atoms with Gasteiger partial charge in [0.25, 0.3) is 0 Å². The summed E-state index contributed by atoms with van der Waals surface area (Å²) >= 11 is 0. The molecular weight excluding hydrogens is 182 g/mol. The molecule has 15 heavy (non-hydrogen) atoms. The molecule has 0 bridgehead atoms. The fourth-order valence-electron chi connectivity index (χ4n) is 3.66. The van der Waals surface area contributed by atoms with Crippen molar-refractivity contribution in [3.05, 3.63) is 0 Å². The van der Waals surface area contributed by atoms with Crippen molar-refractivity contribution in [1.82, 2.24) is 4.90 Å². The van der Waals surface area contributed by atoms with Gasteiger partial charge in [-0.15, -0.1) is 0 Å². The quantitative estimate of drug-likeness (QED) is 0.687. The van der Waals surface area contributed by atoms with Gasteiger partial charge >= 0.3 is 0 Å². The number of rotatable bonds is 3. The number of hydrogen-bond donors (Lipinski definition) is 0. The number of likely N-dealkylation sites (tertiary alicyclic amines) is 1. The molecule has 2 rings (SSSR count). The smallest absolute Gasteiger partial charge is 0.00533 e. The van der Waals surface area contributed by atoms with Gasteiger partial charge in [0.2, 0.25) is 0 Å². The SMILES string of the molecule is CC(C)CC1CCC2(C1)CN(C(C)C)C2. The number of nitrogens with zero attached hydrogens (tertiary/aromatic N) is 1. The molecule has 0 aromatic carbocycles. The Bertz CT molecular complexity index is 213. The van der Waals surface area contributed by atoms with Crippen LogP contribution in [-0.4, -0.2) is 24.0 Å². The van der Waals surface area contributed by atoms with Crippen LogP contribution in [0.2, 0.25) is 0 Å². The maximum Gasteiger partial charge on any atom is 0.00533 e. The minimum absolute atomic E-state index is 0.754. The number of hydrogen-bond acceptors (Lipinski definition) is 1. The van der Waals surface area contributed by atoms with Crippen molar-refractivity contribution < 1.29 is 0 Å². The molecule has 1 heteroatoms. The second-order valence-electron chi connectivity index (χ2n) is 6.74. The Labute approximate surface area is 95.2 Å². The van der Waals surface area contributed by atoms with E-state index in [1.54, 1.807) is 0 Å². The van der Waals surface area contributed by atoms with Crippen LogP contribution in [0.4, 0.5) is 0 Å². The first-order valence-corrected chi connectivity index (χ1v) is 6.75. The molecule has 2 aliphatic rings. The maximum atomic E-state index is 2.64. The van der Waals surface area contributed by atoms with Crippen LogP contribution < -0.4 is 0 Å². The molecule has 1 atom stereocenters. The van der Waals surface area contributed by atoms with Crippen LogP contribution in [0, 0.1) is 17.3 Å². The molecule has 0 aromatic rings. The van der Waals surface area contributed by atoms with E-state index in [4.69, 9.17) is 0 Å². The van der Waals surface area contributed by atoms with Gasteiger partial charge in [-0.1, -0.05) is 13.8 Å². The van der Waals surface area contributed by atoms with Crippen LogP contribution in [0.5, 0.6) is 0 Å². The molecule has 1 saturated carbocycles. The van der Waals surface area contributed by atoms with Crippen LogP contribution >= 0.6 is 0 Å². The second-order valence-corrected chi connectivity index (χ2v) is 6.74. The van der Waals surface area contributed by atoms with E-state index < -0.39 is 0 Å². The highest BCUT2D eigenvalue weighted by atomic mass is 15.2. The van der Waals surface area contributed by atoms with Crippen LogP contribution in [0.25, 0.3) is 0 Å². The maximum absolute atomic E-state index is 2.64. The second kappa shape index (κ2) is 4.08. The molecule has 2 fully saturated rings. The van der Waals surface area contributed by atoms with Gasteiger partial charge in [-0.2, -0.15) is 0 Å². The van der Waals surface area contributed by atoms with Crippen molar-refractivity contribution >= 4 is 0 Å². The van der Waals surface area contributed by atoms with Crippen molar-refractivity contribution in [3.8, 4) is 0 Å². The molecule has 1 unspecified atom stereocenters. The van der Waals surface area contributed by atoms with E-state index in [1.807, 2.05) is 0 Å². The normalized spacial score (nSPS) is 30.4. The van der Waals surface area contributed by atoms with Crippen LogP contribution in [-0.2, 0) is 0 Å². The van der Waals surface area contributed by atoms with E-state index in [0.29, 0.717) is 0 Å². The summed E-state index contributed by atoms with van der Waals surface area (Å²) in [6.45, 7) is 12.2. The zero-order chi connectivity index (χ0) is 11.1. The largest absolute Gasteiger partial charge is 0.300 e. The molecule has 1 saturated heterocycles. The van der Waals surface area contributed by atoms with Crippen LogP contribution in [0.3, 0.4) is 0 Å². The predicted molar refractivity (Wildman–Crippen MR) is 65.9 cm³/mol. The monoisotopic (exact) mass is 209 g/mol. The van der Waals surface area contributed by atoms with Gasteiger partial charge in [0.05, 0.1) is 0 Å². The third-order valence-corrected chi connectivity index (χ3v) is 4.42. The summed E-state index contributed by atoms with van der Waals surface area (Å²) in [7, 11) is 0. The third-order valence-electron chi connectivity index (χ3n) is 4.42. The Hall–Kier alpha value is -0.0400. The topological polar surface area (TPSA) is 3.24 Å². The first kappa shape index (κ1) is 11.4. The first-order valence-electron chi connectivity index (χ1n) is 6.75. The minimum atomic E-state index is 0.754. The zero-order valence-electron chi connectivity index (χ0n) is 10.9. The summed E-state index contributed by atoms with van der Waals surface area (Å²) in [5, 5.41) is 0. The fourth-order valence-corrected chi connectivity index (χ4v) is 3.66. The molecule has 1 heterocycles. The molecule has 0 N–H and O–H groups in total. The zero-order valence-corrected chi connectivity index (χ0v) is 10.9. The molecule has 88 valence electrons. The first-order chi connectivity index (χ1) is 7.01. The molecular formula is C14H27N. The molecule has 0 aromatic heterocycles. The summed E-state index contributed by atoms with van der Waals surface area (Å²) in [4.78, 5) is 2.64. The summed E-state index contributed by atoms with van der Waals surface area (Å²) < 4.78 is 0. The van der Waals surface area contributed by atoms with E-state index >= 15 is 0 Å². The predicted octanol–water partition coefficient (Wildman–Crippen LogP) is 3.54. The Morgan fingerprint density at radius 3 is 2.40 bits per heavy atom. The minimum Gasteiger partial charge on any atom is -0.300 e. The van der Waals surface area contributed by atoms with Gasteiger partial charge in [-0.3, -0.25) is 4.90 Å². The molecule has 1 aliphatic heterocycles. The van der Waals surface area contributed by atoms with Crippen LogP contribution in [0.15, 0.2) is 0 Å². The standard InChI is InChI=1S/C14H27N/c1-11(2)7-13-5-6-14(8-13)9-15(10-14)12(3)4/h11-13H,5-10H2,1-4H3. The van der Waals surface area contributed by atoms with Crippen molar-refractivity contribution in [2.24, 2.45) is 17.3 Å². The van der Waals surface area contributed by atoms with E-state index in [2.05, 4.69) is 32.6 Å². The highest BCUT2D eigenvalue weighted by Crippen LogP contribution is 2.50. The van der Waals surface area contributed by atoms with Gasteiger partial charge < -0.3 is 0 Å². The van der Waals surface area contributed by atoms with Gasteiger partial charge in [0.15, 0.2) is 0 Å². The van der Waals surface area contributed by atoms with Gasteiger partial charge in [-0.05, 0) is 56.8 Å². The van der Waals surface area contributed by atoms with E-state index in [0.717, 1.165) is 23.3 Å². The van der Waals surface area contributed by atoms with E-state index in [9.17, 15) is 0 Å². The highest BCUT2D eigenvalue weighted by Gasteiger charge is 2.48. The van der Waals surface area contributed by atoms with Crippen molar-refractivity contribution in [2.75, 3.05) is 13.1 Å². The Morgan fingerprint density at radius 1 is 1.20 bits per heavy atom. The van der Waals surface area contributed by atoms with Crippen molar-refractivity contribution in [2.45, 2.75) is 59.4 Å².